The quantitative estimate of drug-likeness (QED) is 0.859. The molecule has 1 heterocycles. The highest BCUT2D eigenvalue weighted by Crippen LogP contribution is 2.16. The van der Waals surface area contributed by atoms with Crippen molar-refractivity contribution in [3.8, 4) is 0 Å². The first-order chi connectivity index (χ1) is 9.41. The number of hydrogen-bond donors (Lipinski definition) is 0. The molecule has 0 saturated heterocycles. The van der Waals surface area contributed by atoms with E-state index in [4.69, 9.17) is 0 Å². The zero-order valence-corrected chi connectivity index (χ0v) is 12.9. The molecule has 0 bridgehead atoms. The van der Waals surface area contributed by atoms with E-state index in [1.807, 2.05) is 40.7 Å². The lowest BCUT2D eigenvalue weighted by Crippen LogP contribution is -2.43. The van der Waals surface area contributed by atoms with E-state index in [0.29, 0.717) is 6.54 Å². The summed E-state index contributed by atoms with van der Waals surface area (Å²) in [6, 6.07) is 8.35. The molecule has 2 rings (SSSR count). The van der Waals surface area contributed by atoms with Crippen LogP contribution in [0.25, 0.3) is 11.0 Å². The normalized spacial score (nSPS) is 11.6. The number of fused-ring (bicyclic) bond motifs is 1. The minimum absolute atomic E-state index is 0.140. The van der Waals surface area contributed by atoms with Gasteiger partial charge < -0.3 is 9.47 Å². The topological polar surface area (TPSA) is 38.1 Å². The highest BCUT2D eigenvalue weighted by Gasteiger charge is 2.21. The first-order valence-electron chi connectivity index (χ1n) is 7.15. The van der Waals surface area contributed by atoms with Crippen LogP contribution in [0.1, 0.15) is 33.5 Å². The van der Waals surface area contributed by atoms with Crippen molar-refractivity contribution in [2.75, 3.05) is 0 Å². The van der Waals surface area contributed by atoms with E-state index in [1.165, 1.54) is 0 Å². The van der Waals surface area contributed by atoms with Crippen LogP contribution in [0.4, 0.5) is 0 Å². The summed E-state index contributed by atoms with van der Waals surface area (Å²) in [6.45, 7) is 10.5. The summed E-state index contributed by atoms with van der Waals surface area (Å²) in [5.74, 6) is 1.02. The highest BCUT2D eigenvalue weighted by molar-refractivity contribution is 5.81. The molecule has 20 heavy (non-hydrogen) atoms. The van der Waals surface area contributed by atoms with Crippen molar-refractivity contribution in [1.82, 2.24) is 14.5 Å². The van der Waals surface area contributed by atoms with E-state index in [-0.39, 0.29) is 18.0 Å². The third-order valence-corrected chi connectivity index (χ3v) is 3.54. The van der Waals surface area contributed by atoms with E-state index < -0.39 is 0 Å². The molecule has 4 heteroatoms. The Bertz CT molecular complexity index is 605. The van der Waals surface area contributed by atoms with Crippen molar-refractivity contribution in [3.05, 3.63) is 30.1 Å². The maximum absolute atomic E-state index is 12.6. The molecule has 0 spiro atoms. The summed E-state index contributed by atoms with van der Waals surface area (Å²) in [4.78, 5) is 19.0. The number of aryl methyl sites for hydroxylation is 1. The Morgan fingerprint density at radius 1 is 1.20 bits per heavy atom. The summed E-state index contributed by atoms with van der Waals surface area (Å²) >= 11 is 0. The summed E-state index contributed by atoms with van der Waals surface area (Å²) < 4.78 is 2.00. The molecule has 0 aliphatic carbocycles. The Balaban J connectivity index is 2.32. The minimum atomic E-state index is 0.140. The van der Waals surface area contributed by atoms with Crippen LogP contribution < -0.4 is 0 Å². The largest absolute Gasteiger partial charge is 0.336 e. The van der Waals surface area contributed by atoms with Gasteiger partial charge in [-0.25, -0.2) is 4.98 Å². The SMILES string of the molecule is Cc1nc2ccccc2n1CC(=O)N(C(C)C)C(C)C. The number of para-hydroxylation sites is 2. The van der Waals surface area contributed by atoms with E-state index in [2.05, 4.69) is 32.7 Å². The van der Waals surface area contributed by atoms with Crippen molar-refractivity contribution in [2.45, 2.75) is 53.2 Å². The molecule has 108 valence electrons. The molecule has 1 aromatic heterocycles. The number of carbonyl (C=O) groups is 1. The summed E-state index contributed by atoms with van der Waals surface area (Å²) in [7, 11) is 0. The molecule has 0 unspecified atom stereocenters. The van der Waals surface area contributed by atoms with Gasteiger partial charge in [-0.2, -0.15) is 0 Å². The molecule has 0 aliphatic heterocycles. The zero-order valence-electron chi connectivity index (χ0n) is 12.9. The third-order valence-electron chi connectivity index (χ3n) is 3.54. The summed E-state index contributed by atoms with van der Waals surface area (Å²) in [5, 5.41) is 0. The summed E-state index contributed by atoms with van der Waals surface area (Å²) in [6.07, 6.45) is 0. The van der Waals surface area contributed by atoms with Crippen LogP contribution in [0.15, 0.2) is 24.3 Å². The van der Waals surface area contributed by atoms with Gasteiger partial charge in [-0.15, -0.1) is 0 Å². The average molecular weight is 273 g/mol. The molecular weight excluding hydrogens is 250 g/mol. The molecule has 1 aromatic carbocycles. The van der Waals surface area contributed by atoms with Gasteiger partial charge in [0.2, 0.25) is 5.91 Å². The fourth-order valence-corrected chi connectivity index (χ4v) is 2.78. The molecule has 4 nitrogen and oxygen atoms in total. The first-order valence-corrected chi connectivity index (χ1v) is 7.15. The number of rotatable bonds is 4. The smallest absolute Gasteiger partial charge is 0.243 e. The lowest BCUT2D eigenvalue weighted by Gasteiger charge is -2.31. The van der Waals surface area contributed by atoms with Gasteiger partial charge >= 0.3 is 0 Å². The van der Waals surface area contributed by atoms with Gasteiger partial charge in [0, 0.05) is 12.1 Å². The molecule has 0 N–H and O–H groups in total. The second-order valence-electron chi connectivity index (χ2n) is 5.72. The van der Waals surface area contributed by atoms with E-state index >= 15 is 0 Å². The van der Waals surface area contributed by atoms with Crippen molar-refractivity contribution >= 4 is 16.9 Å². The van der Waals surface area contributed by atoms with Gasteiger partial charge in [0.1, 0.15) is 12.4 Å². The lowest BCUT2D eigenvalue weighted by molar-refractivity contribution is -0.135. The molecule has 0 fully saturated rings. The van der Waals surface area contributed by atoms with Gasteiger partial charge in [0.05, 0.1) is 11.0 Å². The average Bonchev–Trinajstić information content (AvgIpc) is 2.65. The third kappa shape index (κ3) is 2.69. The number of amides is 1. The fraction of sp³-hybridized carbons (Fsp3) is 0.500. The van der Waals surface area contributed by atoms with E-state index in [0.717, 1.165) is 16.9 Å². The van der Waals surface area contributed by atoms with Crippen LogP contribution in [-0.2, 0) is 11.3 Å². The monoisotopic (exact) mass is 273 g/mol. The van der Waals surface area contributed by atoms with Crippen LogP contribution in [-0.4, -0.2) is 32.4 Å². The molecular formula is C16H23N3O. The molecule has 0 radical (unpaired) electrons. The van der Waals surface area contributed by atoms with Crippen LogP contribution in [0.3, 0.4) is 0 Å². The Labute approximate surface area is 120 Å². The van der Waals surface area contributed by atoms with Crippen LogP contribution in [0.5, 0.6) is 0 Å². The van der Waals surface area contributed by atoms with E-state index in [1.54, 1.807) is 0 Å². The van der Waals surface area contributed by atoms with Crippen molar-refractivity contribution < 1.29 is 4.79 Å². The van der Waals surface area contributed by atoms with Gasteiger partial charge in [-0.05, 0) is 46.8 Å². The Hall–Kier alpha value is -1.84. The fourth-order valence-electron chi connectivity index (χ4n) is 2.78. The number of hydrogen-bond acceptors (Lipinski definition) is 2. The Kier molecular flexibility index (Phi) is 4.12. The predicted molar refractivity (Wildman–Crippen MR) is 81.6 cm³/mol. The second kappa shape index (κ2) is 5.65. The second-order valence-corrected chi connectivity index (χ2v) is 5.72. The molecule has 1 amide bonds. The Morgan fingerprint density at radius 2 is 1.80 bits per heavy atom. The van der Waals surface area contributed by atoms with E-state index in [9.17, 15) is 4.79 Å². The number of nitrogens with zero attached hydrogens (tertiary/aromatic N) is 3. The molecule has 0 aliphatic rings. The van der Waals surface area contributed by atoms with Crippen molar-refractivity contribution in [1.29, 1.82) is 0 Å². The number of aromatic nitrogens is 2. The van der Waals surface area contributed by atoms with Crippen LogP contribution in [0, 0.1) is 6.92 Å². The van der Waals surface area contributed by atoms with Gasteiger partial charge in [0.25, 0.3) is 0 Å². The van der Waals surface area contributed by atoms with Crippen LogP contribution in [0.2, 0.25) is 0 Å². The number of imidazole rings is 1. The lowest BCUT2D eigenvalue weighted by atomic mass is 10.2. The van der Waals surface area contributed by atoms with Crippen molar-refractivity contribution in [3.63, 3.8) is 0 Å². The first kappa shape index (κ1) is 14.6. The number of benzene rings is 1. The molecule has 0 atom stereocenters. The maximum Gasteiger partial charge on any atom is 0.243 e. The maximum atomic E-state index is 12.6. The summed E-state index contributed by atoms with van der Waals surface area (Å²) in [5.41, 5.74) is 1.96. The molecule has 0 saturated carbocycles. The van der Waals surface area contributed by atoms with Gasteiger partial charge in [-0.1, -0.05) is 12.1 Å². The van der Waals surface area contributed by atoms with Crippen molar-refractivity contribution in [2.24, 2.45) is 0 Å². The minimum Gasteiger partial charge on any atom is -0.336 e. The van der Waals surface area contributed by atoms with Crippen LogP contribution >= 0.6 is 0 Å². The number of carbonyl (C=O) groups excluding carboxylic acids is 1. The highest BCUT2D eigenvalue weighted by atomic mass is 16.2. The van der Waals surface area contributed by atoms with Gasteiger partial charge in [0.15, 0.2) is 0 Å². The molecule has 2 aromatic rings. The standard InChI is InChI=1S/C16H23N3O/c1-11(2)19(12(3)4)16(20)10-18-13(5)17-14-8-6-7-9-15(14)18/h6-9,11-12H,10H2,1-5H3. The zero-order chi connectivity index (χ0) is 14.9. The Morgan fingerprint density at radius 3 is 2.40 bits per heavy atom. The van der Waals surface area contributed by atoms with Gasteiger partial charge in [-0.3, -0.25) is 4.79 Å². The predicted octanol–water partition coefficient (Wildman–Crippen LogP) is 2.99.